The number of rotatable bonds is 4. The number of hydrogen-bond donors (Lipinski definition) is 2. The molecule has 6 nitrogen and oxygen atoms in total. The fourth-order valence-electron chi connectivity index (χ4n) is 2.05. The molecule has 0 saturated carbocycles. The molecule has 0 radical (unpaired) electrons. The van der Waals surface area contributed by atoms with Gasteiger partial charge in [-0.1, -0.05) is 30.3 Å². The molecule has 1 heterocycles. The van der Waals surface area contributed by atoms with Crippen LogP contribution in [0.25, 0.3) is 0 Å². The van der Waals surface area contributed by atoms with E-state index in [0.29, 0.717) is 5.56 Å². The van der Waals surface area contributed by atoms with Crippen molar-refractivity contribution in [1.82, 2.24) is 9.88 Å². The van der Waals surface area contributed by atoms with Gasteiger partial charge in [-0.2, -0.15) is 0 Å². The van der Waals surface area contributed by atoms with Gasteiger partial charge in [0.05, 0.1) is 5.56 Å². The molecule has 6 heteroatoms. The van der Waals surface area contributed by atoms with E-state index in [4.69, 9.17) is 0 Å². The van der Waals surface area contributed by atoms with E-state index >= 15 is 0 Å². The fourth-order valence-corrected chi connectivity index (χ4v) is 2.05. The Morgan fingerprint density at radius 1 is 1.14 bits per heavy atom. The number of nitrogens with zero attached hydrogens (tertiary/aromatic N) is 1. The summed E-state index contributed by atoms with van der Waals surface area (Å²) in [5.41, 5.74) is -1.14. The zero-order valence-corrected chi connectivity index (χ0v) is 12.2. The van der Waals surface area contributed by atoms with Gasteiger partial charge < -0.3 is 15.0 Å². The molecule has 0 saturated heterocycles. The van der Waals surface area contributed by atoms with Gasteiger partial charge in [0.1, 0.15) is 0 Å². The Labute approximate surface area is 127 Å². The molecule has 0 fully saturated rings. The molecule has 0 spiro atoms. The first kappa shape index (κ1) is 15.5. The van der Waals surface area contributed by atoms with Crippen LogP contribution in [0.5, 0.6) is 0 Å². The molecular weight excluding hydrogens is 284 g/mol. The molecule has 0 bridgehead atoms. The number of aliphatic carboxylic acids is 1. The highest BCUT2D eigenvalue weighted by atomic mass is 16.4. The number of amides is 1. The van der Waals surface area contributed by atoms with Crippen molar-refractivity contribution in [3.05, 3.63) is 70.1 Å². The number of carboxylic acids is 1. The summed E-state index contributed by atoms with van der Waals surface area (Å²) in [6, 6.07) is 11.1. The number of hydrogen-bond acceptors (Lipinski definition) is 3. The lowest BCUT2D eigenvalue weighted by Crippen LogP contribution is -2.49. The van der Waals surface area contributed by atoms with Gasteiger partial charge in [-0.25, -0.2) is 4.79 Å². The van der Waals surface area contributed by atoms with E-state index in [1.165, 1.54) is 36.9 Å². The van der Waals surface area contributed by atoms with Crippen LogP contribution in [0.4, 0.5) is 0 Å². The minimum Gasteiger partial charge on any atom is -0.479 e. The van der Waals surface area contributed by atoms with E-state index in [2.05, 4.69) is 5.32 Å². The number of benzene rings is 1. The Morgan fingerprint density at radius 2 is 1.77 bits per heavy atom. The first-order valence-corrected chi connectivity index (χ1v) is 6.63. The van der Waals surface area contributed by atoms with Crippen LogP contribution >= 0.6 is 0 Å². The molecule has 1 aromatic carbocycles. The number of nitrogens with one attached hydrogen (secondary N) is 1. The third-order valence-electron chi connectivity index (χ3n) is 3.49. The second kappa shape index (κ2) is 5.85. The van der Waals surface area contributed by atoms with Crippen molar-refractivity contribution < 1.29 is 14.7 Å². The summed E-state index contributed by atoms with van der Waals surface area (Å²) in [6.07, 6.45) is 1.37. The Kier molecular flexibility index (Phi) is 4.12. The molecule has 22 heavy (non-hydrogen) atoms. The second-order valence-corrected chi connectivity index (χ2v) is 5.12. The number of carbonyl (C=O) groups excluding carboxylic acids is 1. The third-order valence-corrected chi connectivity index (χ3v) is 3.49. The first-order chi connectivity index (χ1) is 10.3. The summed E-state index contributed by atoms with van der Waals surface area (Å²) >= 11 is 0. The maximum absolute atomic E-state index is 12.3. The number of aryl methyl sites for hydroxylation is 1. The number of carbonyl (C=O) groups is 2. The Morgan fingerprint density at radius 3 is 2.32 bits per heavy atom. The average molecular weight is 300 g/mol. The van der Waals surface area contributed by atoms with Crippen LogP contribution in [0.2, 0.25) is 0 Å². The van der Waals surface area contributed by atoms with E-state index in [0.717, 1.165) is 0 Å². The Balaban J connectivity index is 2.36. The van der Waals surface area contributed by atoms with Gasteiger partial charge in [-0.05, 0) is 18.6 Å². The smallest absolute Gasteiger partial charge is 0.333 e. The standard InChI is InChI=1S/C16H16N2O4/c1-16(15(21)22,12-6-4-3-5-7-12)17-14(20)11-8-9-13(19)18(2)10-11/h3-10H,1-2H3,(H,17,20)(H,21,22)/t16-/m1/s1. The van der Waals surface area contributed by atoms with Crippen LogP contribution in [0.15, 0.2) is 53.5 Å². The Hall–Kier alpha value is -2.89. The number of aromatic nitrogens is 1. The van der Waals surface area contributed by atoms with Crippen molar-refractivity contribution in [3.63, 3.8) is 0 Å². The van der Waals surface area contributed by atoms with Crippen LogP contribution in [-0.2, 0) is 17.4 Å². The van der Waals surface area contributed by atoms with E-state index in [1.807, 2.05) is 0 Å². The zero-order chi connectivity index (χ0) is 16.3. The zero-order valence-electron chi connectivity index (χ0n) is 12.2. The van der Waals surface area contributed by atoms with Gasteiger partial charge in [0, 0.05) is 19.3 Å². The van der Waals surface area contributed by atoms with Gasteiger partial charge in [-0.15, -0.1) is 0 Å². The highest BCUT2D eigenvalue weighted by Gasteiger charge is 2.37. The highest BCUT2D eigenvalue weighted by molar-refractivity contribution is 5.97. The lowest BCUT2D eigenvalue weighted by Gasteiger charge is -2.26. The molecule has 2 rings (SSSR count). The number of pyridine rings is 1. The predicted molar refractivity (Wildman–Crippen MR) is 80.6 cm³/mol. The maximum Gasteiger partial charge on any atom is 0.333 e. The minimum atomic E-state index is -1.56. The molecule has 0 unspecified atom stereocenters. The minimum absolute atomic E-state index is 0.213. The van der Waals surface area contributed by atoms with Crippen molar-refractivity contribution in [3.8, 4) is 0 Å². The first-order valence-electron chi connectivity index (χ1n) is 6.63. The van der Waals surface area contributed by atoms with Gasteiger partial charge >= 0.3 is 5.97 Å². The summed E-state index contributed by atoms with van der Waals surface area (Å²) in [7, 11) is 1.52. The topological polar surface area (TPSA) is 88.4 Å². The van der Waals surface area contributed by atoms with Crippen LogP contribution in [0.3, 0.4) is 0 Å². The molecule has 2 aromatic rings. The molecule has 0 aliphatic rings. The van der Waals surface area contributed by atoms with Gasteiger partial charge in [0.25, 0.3) is 5.91 Å². The summed E-state index contributed by atoms with van der Waals surface area (Å²) in [6.45, 7) is 1.42. The van der Waals surface area contributed by atoms with Crippen LogP contribution in [-0.4, -0.2) is 21.6 Å². The van der Waals surface area contributed by atoms with Crippen molar-refractivity contribution in [2.24, 2.45) is 7.05 Å². The third kappa shape index (κ3) is 2.90. The van der Waals surface area contributed by atoms with Crippen molar-refractivity contribution >= 4 is 11.9 Å². The number of carboxylic acid groups (broad SMARTS) is 1. The molecule has 1 atom stereocenters. The molecule has 1 amide bonds. The molecule has 0 aliphatic heterocycles. The van der Waals surface area contributed by atoms with Crippen LogP contribution in [0, 0.1) is 0 Å². The maximum atomic E-state index is 12.3. The molecule has 2 N–H and O–H groups in total. The lowest BCUT2D eigenvalue weighted by molar-refractivity contribution is -0.144. The van der Waals surface area contributed by atoms with Gasteiger partial charge in [-0.3, -0.25) is 9.59 Å². The van der Waals surface area contributed by atoms with E-state index in [9.17, 15) is 19.5 Å². The lowest BCUT2D eigenvalue weighted by atomic mass is 9.91. The Bertz CT molecular complexity index is 767. The fraction of sp³-hybridized carbons (Fsp3) is 0.188. The molecule has 114 valence electrons. The van der Waals surface area contributed by atoms with E-state index < -0.39 is 17.4 Å². The average Bonchev–Trinajstić information content (AvgIpc) is 2.50. The quantitative estimate of drug-likeness (QED) is 0.885. The van der Waals surface area contributed by atoms with Crippen molar-refractivity contribution in [2.75, 3.05) is 0 Å². The summed E-state index contributed by atoms with van der Waals surface area (Å²) in [5, 5.41) is 12.0. The van der Waals surface area contributed by atoms with Gasteiger partial charge in [0.2, 0.25) is 5.56 Å². The molecule has 0 aliphatic carbocycles. The van der Waals surface area contributed by atoms with Crippen LogP contribution in [0.1, 0.15) is 22.8 Å². The molecular formula is C16H16N2O4. The van der Waals surface area contributed by atoms with Crippen molar-refractivity contribution in [1.29, 1.82) is 0 Å². The van der Waals surface area contributed by atoms with Gasteiger partial charge in [0.15, 0.2) is 5.54 Å². The largest absolute Gasteiger partial charge is 0.479 e. The summed E-state index contributed by atoms with van der Waals surface area (Å²) < 4.78 is 1.26. The van der Waals surface area contributed by atoms with E-state index in [1.54, 1.807) is 30.3 Å². The van der Waals surface area contributed by atoms with E-state index in [-0.39, 0.29) is 11.1 Å². The SMILES string of the molecule is Cn1cc(C(=O)N[C@@](C)(C(=O)O)c2ccccc2)ccc1=O. The molecule has 1 aromatic heterocycles. The normalized spacial score (nSPS) is 13.2. The predicted octanol–water partition coefficient (Wildman–Crippen LogP) is 1.12. The van der Waals surface area contributed by atoms with Crippen LogP contribution < -0.4 is 10.9 Å². The monoisotopic (exact) mass is 300 g/mol. The summed E-state index contributed by atoms with van der Waals surface area (Å²) in [4.78, 5) is 35.3. The second-order valence-electron chi connectivity index (χ2n) is 5.12. The summed E-state index contributed by atoms with van der Waals surface area (Å²) in [5.74, 6) is -1.73. The van der Waals surface area contributed by atoms with Crippen molar-refractivity contribution in [2.45, 2.75) is 12.5 Å². The highest BCUT2D eigenvalue weighted by Crippen LogP contribution is 2.21.